The molecular weight excluding hydrogens is 361 g/mol. The SMILES string of the molecule is CC(C)(C)[Si](OCCC(F)COC(N)=O)(c1ccccc1)c1ccccc1. The minimum atomic E-state index is -2.66. The maximum absolute atomic E-state index is 14.0. The molecule has 0 heterocycles. The molecule has 0 spiro atoms. The molecule has 1 atom stereocenters. The lowest BCUT2D eigenvalue weighted by Gasteiger charge is -2.43. The molecule has 0 radical (unpaired) electrons. The van der Waals surface area contributed by atoms with Crippen molar-refractivity contribution < 1.29 is 18.3 Å². The van der Waals surface area contributed by atoms with E-state index in [0.29, 0.717) is 0 Å². The first-order chi connectivity index (χ1) is 12.8. The van der Waals surface area contributed by atoms with E-state index in [4.69, 9.17) is 10.2 Å². The monoisotopic (exact) mass is 389 g/mol. The fourth-order valence-electron chi connectivity index (χ4n) is 3.36. The number of halogens is 1. The van der Waals surface area contributed by atoms with Gasteiger partial charge in [0.05, 0.1) is 0 Å². The average Bonchev–Trinajstić information content (AvgIpc) is 2.64. The zero-order valence-electron chi connectivity index (χ0n) is 16.2. The number of amides is 1. The van der Waals surface area contributed by atoms with Crippen LogP contribution in [-0.2, 0) is 9.16 Å². The highest BCUT2D eigenvalue weighted by molar-refractivity contribution is 6.99. The number of rotatable bonds is 8. The van der Waals surface area contributed by atoms with E-state index in [1.807, 2.05) is 36.4 Å². The average molecular weight is 390 g/mol. The van der Waals surface area contributed by atoms with E-state index in [1.54, 1.807) is 0 Å². The Kier molecular flexibility index (Phi) is 7.16. The Hall–Kier alpha value is -2.18. The minimum absolute atomic E-state index is 0.137. The Morgan fingerprint density at radius 2 is 1.52 bits per heavy atom. The highest BCUT2D eigenvalue weighted by Gasteiger charge is 2.50. The van der Waals surface area contributed by atoms with Crippen LogP contribution in [-0.4, -0.2) is 33.8 Å². The van der Waals surface area contributed by atoms with Crippen LogP contribution in [0, 0.1) is 0 Å². The lowest BCUT2D eigenvalue weighted by Crippen LogP contribution is -2.66. The van der Waals surface area contributed by atoms with E-state index in [9.17, 15) is 9.18 Å². The van der Waals surface area contributed by atoms with E-state index in [0.717, 1.165) is 10.4 Å². The van der Waals surface area contributed by atoms with Gasteiger partial charge in [0.15, 0.2) is 0 Å². The molecule has 2 aromatic rings. The first-order valence-electron chi connectivity index (χ1n) is 9.08. The molecule has 0 aromatic heterocycles. The van der Waals surface area contributed by atoms with Crippen LogP contribution in [0.25, 0.3) is 0 Å². The molecule has 2 rings (SSSR count). The second kappa shape index (κ2) is 9.15. The predicted molar refractivity (Wildman–Crippen MR) is 109 cm³/mol. The van der Waals surface area contributed by atoms with Crippen molar-refractivity contribution in [2.45, 2.75) is 38.4 Å². The van der Waals surface area contributed by atoms with Gasteiger partial charge >= 0.3 is 6.09 Å². The standard InChI is InChI=1S/C21H28FNO3Si/c1-21(2,3)27(18-10-6-4-7-11-18,19-12-8-5-9-13-19)26-15-14-17(22)16-25-20(23)24/h4-13,17H,14-16H2,1-3H3,(H2,23,24). The number of nitrogens with two attached hydrogens (primary N) is 1. The molecule has 27 heavy (non-hydrogen) atoms. The number of benzene rings is 2. The van der Waals surface area contributed by atoms with Crippen molar-refractivity contribution in [3.8, 4) is 0 Å². The zero-order valence-corrected chi connectivity index (χ0v) is 17.2. The van der Waals surface area contributed by atoms with Crippen LogP contribution in [0.15, 0.2) is 60.7 Å². The molecule has 0 saturated carbocycles. The normalized spacial score (nSPS) is 13.2. The van der Waals surface area contributed by atoms with Gasteiger partial charge in [-0.3, -0.25) is 0 Å². The molecule has 0 aliphatic rings. The molecular formula is C21H28FNO3Si. The van der Waals surface area contributed by atoms with Gasteiger partial charge < -0.3 is 14.9 Å². The van der Waals surface area contributed by atoms with Crippen LogP contribution in [0.5, 0.6) is 0 Å². The van der Waals surface area contributed by atoms with Gasteiger partial charge in [0.2, 0.25) is 0 Å². The van der Waals surface area contributed by atoms with Crippen molar-refractivity contribution in [3.63, 3.8) is 0 Å². The number of carbonyl (C=O) groups is 1. The summed E-state index contributed by atoms with van der Waals surface area (Å²) in [5, 5.41) is 2.13. The molecule has 0 aliphatic heterocycles. The maximum Gasteiger partial charge on any atom is 0.404 e. The van der Waals surface area contributed by atoms with Crippen molar-refractivity contribution >= 4 is 24.8 Å². The Morgan fingerprint density at radius 3 is 1.93 bits per heavy atom. The molecule has 6 heteroatoms. The van der Waals surface area contributed by atoms with E-state index >= 15 is 0 Å². The Balaban J connectivity index is 2.31. The van der Waals surface area contributed by atoms with E-state index in [-0.39, 0.29) is 24.7 Å². The van der Waals surface area contributed by atoms with Gasteiger partial charge in [-0.15, -0.1) is 0 Å². The van der Waals surface area contributed by atoms with Crippen LogP contribution in [0.2, 0.25) is 5.04 Å². The lowest BCUT2D eigenvalue weighted by molar-refractivity contribution is 0.107. The van der Waals surface area contributed by atoms with Crippen molar-refractivity contribution in [2.75, 3.05) is 13.2 Å². The number of primary amides is 1. The molecule has 2 N–H and O–H groups in total. The summed E-state index contributed by atoms with van der Waals surface area (Å²) < 4.78 is 25.2. The van der Waals surface area contributed by atoms with Crippen molar-refractivity contribution in [1.29, 1.82) is 0 Å². The van der Waals surface area contributed by atoms with Crippen LogP contribution in [0.4, 0.5) is 9.18 Å². The summed E-state index contributed by atoms with van der Waals surface area (Å²) in [6.07, 6.45) is -2.14. The van der Waals surface area contributed by atoms with Crippen LogP contribution < -0.4 is 16.1 Å². The summed E-state index contributed by atoms with van der Waals surface area (Å²) in [7, 11) is -2.66. The highest BCUT2D eigenvalue weighted by atomic mass is 28.4. The summed E-state index contributed by atoms with van der Waals surface area (Å²) in [6, 6.07) is 20.4. The van der Waals surface area contributed by atoms with E-state index in [1.165, 1.54) is 0 Å². The molecule has 4 nitrogen and oxygen atoms in total. The summed E-state index contributed by atoms with van der Waals surface area (Å²) in [4.78, 5) is 10.6. The number of hydrogen-bond acceptors (Lipinski definition) is 3. The first kappa shape index (κ1) is 21.1. The largest absolute Gasteiger partial charge is 0.447 e. The fraction of sp³-hybridized carbons (Fsp3) is 0.381. The Bertz CT molecular complexity index is 680. The minimum Gasteiger partial charge on any atom is -0.447 e. The van der Waals surface area contributed by atoms with Crippen LogP contribution in [0.1, 0.15) is 27.2 Å². The van der Waals surface area contributed by atoms with Crippen molar-refractivity contribution in [3.05, 3.63) is 60.7 Å². The smallest absolute Gasteiger partial charge is 0.404 e. The van der Waals surface area contributed by atoms with Gasteiger partial charge in [-0.05, 0) is 15.4 Å². The zero-order chi connectivity index (χ0) is 19.9. The van der Waals surface area contributed by atoms with Crippen LogP contribution >= 0.6 is 0 Å². The Labute approximate surface area is 161 Å². The summed E-state index contributed by atoms with van der Waals surface area (Å²) in [5.41, 5.74) is 4.90. The molecule has 0 saturated heterocycles. The second-order valence-corrected chi connectivity index (χ2v) is 11.8. The first-order valence-corrected chi connectivity index (χ1v) is 11.0. The van der Waals surface area contributed by atoms with Gasteiger partial charge in [0.1, 0.15) is 12.8 Å². The van der Waals surface area contributed by atoms with Crippen LogP contribution in [0.3, 0.4) is 0 Å². The Morgan fingerprint density at radius 1 is 1.04 bits per heavy atom. The maximum atomic E-state index is 14.0. The summed E-state index contributed by atoms with van der Waals surface area (Å²) in [5.74, 6) is 0. The van der Waals surface area contributed by atoms with E-state index in [2.05, 4.69) is 49.8 Å². The number of alkyl halides is 1. The van der Waals surface area contributed by atoms with Gasteiger partial charge in [-0.2, -0.15) is 0 Å². The third-order valence-corrected chi connectivity index (χ3v) is 9.62. The second-order valence-electron chi connectivity index (χ2n) is 7.53. The molecule has 146 valence electrons. The topological polar surface area (TPSA) is 61.6 Å². The lowest BCUT2D eigenvalue weighted by atomic mass is 10.2. The molecule has 0 bridgehead atoms. The van der Waals surface area contributed by atoms with Crippen molar-refractivity contribution in [1.82, 2.24) is 0 Å². The quantitative estimate of drug-likeness (QED) is 0.704. The van der Waals surface area contributed by atoms with E-state index < -0.39 is 20.6 Å². The number of carbonyl (C=O) groups excluding carboxylic acids is 1. The fourth-order valence-corrected chi connectivity index (χ4v) is 7.94. The predicted octanol–water partition coefficient (Wildman–Crippen LogP) is 3.39. The molecule has 2 aromatic carbocycles. The highest BCUT2D eigenvalue weighted by Crippen LogP contribution is 2.36. The van der Waals surface area contributed by atoms with Gasteiger partial charge in [0.25, 0.3) is 8.32 Å². The summed E-state index contributed by atoms with van der Waals surface area (Å²) in [6.45, 7) is 6.39. The van der Waals surface area contributed by atoms with Gasteiger partial charge in [-0.25, -0.2) is 9.18 Å². The van der Waals surface area contributed by atoms with Gasteiger partial charge in [-0.1, -0.05) is 81.4 Å². The van der Waals surface area contributed by atoms with Crippen molar-refractivity contribution in [2.24, 2.45) is 5.73 Å². The number of hydrogen-bond donors (Lipinski definition) is 1. The third-order valence-electron chi connectivity index (χ3n) is 4.57. The number of ether oxygens (including phenoxy) is 1. The van der Waals surface area contributed by atoms with Gasteiger partial charge in [0, 0.05) is 13.0 Å². The third kappa shape index (κ3) is 5.17. The molecule has 1 unspecified atom stereocenters. The molecule has 0 aliphatic carbocycles. The molecule has 0 fully saturated rings. The molecule has 1 amide bonds. The summed E-state index contributed by atoms with van der Waals surface area (Å²) >= 11 is 0.